The van der Waals surface area contributed by atoms with Gasteiger partial charge >= 0.3 is 5.97 Å². The number of nitrogens with one attached hydrogen (secondary N) is 1. The number of furan rings is 1. The molecule has 0 aliphatic carbocycles. The fourth-order valence-electron chi connectivity index (χ4n) is 2.79. The highest BCUT2D eigenvalue weighted by Gasteiger charge is 2.25. The highest BCUT2D eigenvalue weighted by molar-refractivity contribution is 7.80. The minimum Gasteiger partial charge on any atom is -0.480 e. The van der Waals surface area contributed by atoms with Crippen LogP contribution in [0, 0.1) is 5.92 Å². The molecule has 28 heavy (non-hydrogen) atoms. The van der Waals surface area contributed by atoms with Gasteiger partial charge in [-0.15, -0.1) is 11.3 Å². The van der Waals surface area contributed by atoms with E-state index in [0.29, 0.717) is 17.9 Å². The lowest BCUT2D eigenvalue weighted by Crippen LogP contribution is -2.45. The SMILES string of the molecule is O=C(NC(Cc1ccc(-c2nccs2)cc1)C(=O)O)C(CS)Cc1ccco1. The molecule has 8 heteroatoms. The lowest BCUT2D eigenvalue weighted by Gasteiger charge is -2.19. The fourth-order valence-corrected chi connectivity index (χ4v) is 3.73. The van der Waals surface area contributed by atoms with E-state index in [1.807, 2.05) is 29.6 Å². The molecular weight excluding hydrogens is 396 g/mol. The largest absolute Gasteiger partial charge is 0.480 e. The molecule has 0 aliphatic heterocycles. The number of benzene rings is 1. The molecule has 3 rings (SSSR count). The maximum Gasteiger partial charge on any atom is 0.326 e. The molecule has 6 nitrogen and oxygen atoms in total. The number of carboxylic acid groups (broad SMARTS) is 1. The number of thiazole rings is 1. The van der Waals surface area contributed by atoms with Crippen molar-refractivity contribution in [1.29, 1.82) is 0 Å². The number of hydrogen-bond acceptors (Lipinski definition) is 6. The highest BCUT2D eigenvalue weighted by atomic mass is 32.1. The first-order valence-electron chi connectivity index (χ1n) is 8.72. The number of amides is 1. The predicted molar refractivity (Wildman–Crippen MR) is 111 cm³/mol. The zero-order valence-corrected chi connectivity index (χ0v) is 16.7. The molecule has 0 saturated carbocycles. The van der Waals surface area contributed by atoms with Gasteiger partial charge in [0.1, 0.15) is 16.8 Å². The molecule has 0 spiro atoms. The predicted octanol–water partition coefficient (Wildman–Crippen LogP) is 3.30. The lowest BCUT2D eigenvalue weighted by atomic mass is 10.0. The fraction of sp³-hybridized carbons (Fsp3) is 0.250. The van der Waals surface area contributed by atoms with Gasteiger partial charge in [-0.1, -0.05) is 24.3 Å². The van der Waals surface area contributed by atoms with Crippen LogP contribution in [0.15, 0.2) is 58.7 Å². The summed E-state index contributed by atoms with van der Waals surface area (Å²) in [5, 5.41) is 15.0. The molecule has 2 unspecified atom stereocenters. The van der Waals surface area contributed by atoms with Crippen LogP contribution in [-0.4, -0.2) is 33.8 Å². The van der Waals surface area contributed by atoms with Gasteiger partial charge in [0, 0.05) is 35.7 Å². The Morgan fingerprint density at radius 1 is 1.21 bits per heavy atom. The molecule has 0 bridgehead atoms. The van der Waals surface area contributed by atoms with Crippen LogP contribution in [0.1, 0.15) is 11.3 Å². The second kappa shape index (κ2) is 9.57. The molecule has 2 heterocycles. The first-order valence-corrected chi connectivity index (χ1v) is 10.2. The van der Waals surface area contributed by atoms with Crippen LogP contribution in [0.3, 0.4) is 0 Å². The van der Waals surface area contributed by atoms with Gasteiger partial charge in [-0.3, -0.25) is 4.79 Å². The van der Waals surface area contributed by atoms with E-state index in [-0.39, 0.29) is 12.3 Å². The van der Waals surface area contributed by atoms with Crippen LogP contribution in [0.2, 0.25) is 0 Å². The van der Waals surface area contributed by atoms with E-state index in [4.69, 9.17) is 4.42 Å². The van der Waals surface area contributed by atoms with E-state index in [0.717, 1.165) is 16.1 Å². The second-order valence-corrected chi connectivity index (χ2v) is 7.56. The molecule has 0 saturated heterocycles. The molecule has 0 aliphatic rings. The number of carboxylic acids is 1. The Morgan fingerprint density at radius 2 is 2.00 bits per heavy atom. The number of carbonyl (C=O) groups excluding carboxylic acids is 1. The van der Waals surface area contributed by atoms with Crippen molar-refractivity contribution in [2.75, 3.05) is 5.75 Å². The number of aromatic nitrogens is 1. The first-order chi connectivity index (χ1) is 13.6. The Kier molecular flexibility index (Phi) is 6.89. The van der Waals surface area contributed by atoms with Gasteiger partial charge in [-0.05, 0) is 17.7 Å². The van der Waals surface area contributed by atoms with Crippen LogP contribution in [-0.2, 0) is 22.4 Å². The summed E-state index contributed by atoms with van der Waals surface area (Å²) in [6.45, 7) is 0. The maximum atomic E-state index is 12.5. The van der Waals surface area contributed by atoms with Crippen molar-refractivity contribution < 1.29 is 19.1 Å². The van der Waals surface area contributed by atoms with Crippen LogP contribution in [0.4, 0.5) is 0 Å². The Morgan fingerprint density at radius 3 is 2.57 bits per heavy atom. The van der Waals surface area contributed by atoms with Gasteiger partial charge in [0.25, 0.3) is 0 Å². The normalized spacial score (nSPS) is 13.0. The zero-order chi connectivity index (χ0) is 19.9. The Bertz CT molecular complexity index is 893. The van der Waals surface area contributed by atoms with Gasteiger partial charge < -0.3 is 14.8 Å². The molecule has 3 aromatic rings. The van der Waals surface area contributed by atoms with E-state index < -0.39 is 17.9 Å². The third-order valence-corrected chi connectivity index (χ3v) is 5.57. The number of aliphatic carboxylic acids is 1. The first kappa shape index (κ1) is 20.2. The van der Waals surface area contributed by atoms with E-state index >= 15 is 0 Å². The Labute approximate surface area is 172 Å². The number of hydrogen-bond donors (Lipinski definition) is 3. The summed E-state index contributed by atoms with van der Waals surface area (Å²) >= 11 is 5.76. The van der Waals surface area contributed by atoms with Crippen molar-refractivity contribution in [3.05, 3.63) is 65.6 Å². The number of rotatable bonds is 9. The Hall–Kier alpha value is -2.58. The Balaban J connectivity index is 1.64. The zero-order valence-electron chi connectivity index (χ0n) is 14.9. The summed E-state index contributed by atoms with van der Waals surface area (Å²) in [6.07, 6.45) is 3.85. The summed E-state index contributed by atoms with van der Waals surface area (Å²) in [5.74, 6) is -0.935. The highest BCUT2D eigenvalue weighted by Crippen LogP contribution is 2.22. The third kappa shape index (κ3) is 5.24. The van der Waals surface area contributed by atoms with Crippen LogP contribution < -0.4 is 5.32 Å². The summed E-state index contributed by atoms with van der Waals surface area (Å²) < 4.78 is 5.27. The molecule has 146 valence electrons. The number of carbonyl (C=O) groups is 2. The average molecular weight is 417 g/mol. The van der Waals surface area contributed by atoms with Crippen molar-refractivity contribution in [2.45, 2.75) is 18.9 Å². The third-order valence-electron chi connectivity index (χ3n) is 4.31. The second-order valence-electron chi connectivity index (χ2n) is 6.30. The molecule has 0 fully saturated rings. The van der Waals surface area contributed by atoms with Crippen molar-refractivity contribution in [1.82, 2.24) is 10.3 Å². The maximum absolute atomic E-state index is 12.5. The van der Waals surface area contributed by atoms with Crippen molar-refractivity contribution in [3.8, 4) is 10.6 Å². The average Bonchev–Trinajstić information content (AvgIpc) is 3.40. The van der Waals surface area contributed by atoms with Crippen molar-refractivity contribution in [3.63, 3.8) is 0 Å². The van der Waals surface area contributed by atoms with Gasteiger partial charge in [0.15, 0.2) is 0 Å². The van der Waals surface area contributed by atoms with Crippen molar-refractivity contribution in [2.24, 2.45) is 5.92 Å². The summed E-state index contributed by atoms with van der Waals surface area (Å²) in [4.78, 5) is 28.5. The van der Waals surface area contributed by atoms with Gasteiger partial charge in [-0.2, -0.15) is 12.6 Å². The molecule has 1 amide bonds. The number of thiol groups is 1. The van der Waals surface area contributed by atoms with Crippen molar-refractivity contribution >= 4 is 35.8 Å². The van der Waals surface area contributed by atoms with E-state index in [9.17, 15) is 14.7 Å². The van der Waals surface area contributed by atoms with Crippen LogP contribution in [0.25, 0.3) is 10.6 Å². The van der Waals surface area contributed by atoms with Crippen LogP contribution >= 0.6 is 24.0 Å². The van der Waals surface area contributed by atoms with Gasteiger partial charge in [-0.25, -0.2) is 9.78 Å². The summed E-state index contributed by atoms with van der Waals surface area (Å²) in [7, 11) is 0. The molecule has 2 N–H and O–H groups in total. The quantitative estimate of drug-likeness (QED) is 0.466. The minimum absolute atomic E-state index is 0.194. The standard InChI is InChI=1S/C20H20N2O4S2/c23-18(15(12-27)11-16-2-1-8-26-16)22-17(20(24)25)10-13-3-5-14(6-4-13)19-21-7-9-28-19/h1-9,15,17,27H,10-12H2,(H,22,23)(H,24,25). The van der Waals surface area contributed by atoms with E-state index in [2.05, 4.69) is 22.9 Å². The lowest BCUT2D eigenvalue weighted by molar-refractivity contribution is -0.142. The van der Waals surface area contributed by atoms with E-state index in [1.165, 1.54) is 17.6 Å². The van der Waals surface area contributed by atoms with E-state index in [1.54, 1.807) is 18.3 Å². The molecule has 2 aromatic heterocycles. The minimum atomic E-state index is -1.08. The molecule has 0 radical (unpaired) electrons. The monoisotopic (exact) mass is 416 g/mol. The molecule has 2 atom stereocenters. The molecule has 1 aromatic carbocycles. The molecular formula is C20H20N2O4S2. The van der Waals surface area contributed by atoms with Crippen LogP contribution in [0.5, 0.6) is 0 Å². The topological polar surface area (TPSA) is 92.4 Å². The van der Waals surface area contributed by atoms with Gasteiger partial charge in [0.2, 0.25) is 5.91 Å². The summed E-state index contributed by atoms with van der Waals surface area (Å²) in [5.41, 5.74) is 1.80. The number of nitrogens with zero attached hydrogens (tertiary/aromatic N) is 1. The summed E-state index contributed by atoms with van der Waals surface area (Å²) in [6, 6.07) is 10.0. The smallest absolute Gasteiger partial charge is 0.326 e. The van der Waals surface area contributed by atoms with Gasteiger partial charge in [0.05, 0.1) is 12.2 Å².